The minimum Gasteiger partial charge on any atom is -0.453 e. The first-order valence-corrected chi connectivity index (χ1v) is 15.3. The van der Waals surface area contributed by atoms with Gasteiger partial charge in [-0.25, -0.2) is 0 Å². The molecule has 0 radical (unpaired) electrons. The van der Waals surface area contributed by atoms with E-state index in [2.05, 4.69) is 9.97 Å². The molecule has 0 saturated carbocycles. The van der Waals surface area contributed by atoms with Gasteiger partial charge in [-0.3, -0.25) is 19.2 Å². The summed E-state index contributed by atoms with van der Waals surface area (Å²) in [6.45, 7) is 0. The number of aromatic nitrogens is 2. The van der Waals surface area contributed by atoms with Crippen LogP contribution in [0, 0.1) is 0 Å². The Bertz CT molecular complexity index is 3030. The van der Waals surface area contributed by atoms with Crippen molar-refractivity contribution in [2.45, 2.75) is 0 Å². The van der Waals surface area contributed by atoms with Crippen LogP contribution in [0.15, 0.2) is 141 Å². The van der Waals surface area contributed by atoms with Gasteiger partial charge < -0.3 is 9.47 Å². The maximum Gasteiger partial charge on any atom is 0.288 e. The lowest BCUT2D eigenvalue weighted by molar-refractivity contribution is -0.359. The van der Waals surface area contributed by atoms with Gasteiger partial charge in [0, 0.05) is 39.1 Å². The molecule has 8 nitrogen and oxygen atoms in total. The summed E-state index contributed by atoms with van der Waals surface area (Å²) in [5, 5.41) is 1.91. The standard InChI is InChI=1S/C40H20N2O6/c43-36-23-13-7-8-14-24(23)37(44)31-25(36)15-18-28-34(31)41-29-19-16-26-32(35(29)42-28)38(45)27-17-20-30(47-21-9-3-1-4-10-21)40(33(27)39(26)46)48-22-11-5-2-6-12-22/h1-20H/p+2. The molecule has 8 heteroatoms. The molecule has 0 aliphatic rings. The summed E-state index contributed by atoms with van der Waals surface area (Å²) in [7, 11) is 0. The van der Waals surface area contributed by atoms with Gasteiger partial charge in [0.05, 0.1) is 5.39 Å². The fourth-order valence-electron chi connectivity index (χ4n) is 6.60. The SMILES string of the molecule is O=c1c2ccccc2c(=O)c2c1ccc1[nH+]c3c(ccc4c(=O)c5c(Oc6ccccc6)c(Oc6ccccc6)ccc5c(=O)c43)[nH+]c12. The average Bonchev–Trinajstić information content (AvgIpc) is 3.12. The molecule has 0 bridgehead atoms. The quantitative estimate of drug-likeness (QED) is 0.171. The van der Waals surface area contributed by atoms with Crippen LogP contribution < -0.4 is 41.2 Å². The van der Waals surface area contributed by atoms with E-state index in [1.807, 2.05) is 36.4 Å². The van der Waals surface area contributed by atoms with Crippen molar-refractivity contribution in [3.63, 3.8) is 0 Å². The van der Waals surface area contributed by atoms with Crippen molar-refractivity contribution in [1.29, 1.82) is 0 Å². The Balaban J connectivity index is 1.34. The van der Waals surface area contributed by atoms with Crippen LogP contribution in [0.1, 0.15) is 0 Å². The highest BCUT2D eigenvalue weighted by Crippen LogP contribution is 2.39. The molecule has 48 heavy (non-hydrogen) atoms. The molecule has 2 N–H and O–H groups in total. The summed E-state index contributed by atoms with van der Waals surface area (Å²) < 4.78 is 12.5. The number of hydrogen-bond donors (Lipinski definition) is 0. The molecule has 0 atom stereocenters. The molecule has 8 aromatic carbocycles. The smallest absolute Gasteiger partial charge is 0.288 e. The summed E-state index contributed by atoms with van der Waals surface area (Å²) in [6.07, 6.45) is 0. The van der Waals surface area contributed by atoms with E-state index in [-0.39, 0.29) is 54.7 Å². The number of fused-ring (bicyclic) bond motifs is 8. The van der Waals surface area contributed by atoms with E-state index in [1.54, 1.807) is 84.9 Å². The molecular formula is C40H22N2O6+2. The minimum absolute atomic E-state index is 0.103. The summed E-state index contributed by atoms with van der Waals surface area (Å²) in [6, 6.07) is 34.7. The molecule has 1 heterocycles. The van der Waals surface area contributed by atoms with Gasteiger partial charge in [0.15, 0.2) is 22.4 Å². The number of hydrogen-bond acceptors (Lipinski definition) is 6. The highest BCUT2D eigenvalue weighted by atomic mass is 16.5. The number of ether oxygens (including phenoxy) is 2. The Morgan fingerprint density at radius 3 is 1.42 bits per heavy atom. The fourth-order valence-corrected chi connectivity index (χ4v) is 6.60. The van der Waals surface area contributed by atoms with Gasteiger partial charge in [-0.15, -0.1) is 0 Å². The van der Waals surface area contributed by atoms with Crippen LogP contribution in [0.3, 0.4) is 0 Å². The van der Waals surface area contributed by atoms with Crippen LogP contribution in [-0.4, -0.2) is 0 Å². The zero-order valence-electron chi connectivity index (χ0n) is 25.0. The fraction of sp³-hybridized carbons (Fsp3) is 0. The molecule has 0 saturated heterocycles. The summed E-state index contributed by atoms with van der Waals surface area (Å²) in [5.41, 5.74) is 0.538. The first-order chi connectivity index (χ1) is 23.5. The van der Waals surface area contributed by atoms with Crippen molar-refractivity contribution in [2.75, 3.05) is 0 Å². The number of H-pyrrole nitrogens is 2. The Morgan fingerprint density at radius 2 is 0.812 bits per heavy atom. The molecule has 9 rings (SSSR count). The third-order valence-corrected chi connectivity index (χ3v) is 8.82. The lowest BCUT2D eigenvalue weighted by Crippen LogP contribution is -2.24. The molecular weight excluding hydrogens is 604 g/mol. The number of aromatic amines is 2. The van der Waals surface area contributed by atoms with Crippen molar-refractivity contribution in [1.82, 2.24) is 0 Å². The number of para-hydroxylation sites is 2. The molecule has 226 valence electrons. The van der Waals surface area contributed by atoms with Crippen LogP contribution in [-0.2, 0) is 0 Å². The zero-order valence-corrected chi connectivity index (χ0v) is 25.0. The van der Waals surface area contributed by atoms with Gasteiger partial charge in [0.25, 0.3) is 22.1 Å². The van der Waals surface area contributed by atoms with Gasteiger partial charge in [-0.2, -0.15) is 9.97 Å². The van der Waals surface area contributed by atoms with Crippen LogP contribution in [0.5, 0.6) is 23.0 Å². The largest absolute Gasteiger partial charge is 0.453 e. The van der Waals surface area contributed by atoms with Gasteiger partial charge in [0.1, 0.15) is 22.3 Å². The highest BCUT2D eigenvalue weighted by molar-refractivity contribution is 6.11. The van der Waals surface area contributed by atoms with E-state index < -0.39 is 5.43 Å². The van der Waals surface area contributed by atoms with Crippen molar-refractivity contribution in [3.8, 4) is 23.0 Å². The Labute approximate surface area is 269 Å². The second kappa shape index (κ2) is 10.4. The molecule has 0 aliphatic carbocycles. The lowest BCUT2D eigenvalue weighted by Gasteiger charge is -2.15. The van der Waals surface area contributed by atoms with Crippen molar-refractivity contribution in [2.24, 2.45) is 0 Å². The van der Waals surface area contributed by atoms with Crippen LogP contribution in [0.25, 0.3) is 65.2 Å². The van der Waals surface area contributed by atoms with Crippen molar-refractivity contribution < 1.29 is 19.4 Å². The Hall–Kier alpha value is -6.80. The highest BCUT2D eigenvalue weighted by Gasteiger charge is 2.27. The maximum absolute atomic E-state index is 14.4. The number of nitrogens with one attached hydrogen (secondary N) is 2. The monoisotopic (exact) mass is 626 g/mol. The molecule has 0 unspecified atom stereocenters. The van der Waals surface area contributed by atoms with E-state index in [0.717, 1.165) is 0 Å². The van der Waals surface area contributed by atoms with E-state index in [9.17, 15) is 19.2 Å². The van der Waals surface area contributed by atoms with Gasteiger partial charge in [-0.05, 0) is 48.5 Å². The summed E-state index contributed by atoms with van der Waals surface area (Å²) in [4.78, 5) is 62.3. The van der Waals surface area contributed by atoms with E-state index >= 15 is 0 Å². The summed E-state index contributed by atoms with van der Waals surface area (Å²) >= 11 is 0. The second-order valence-corrected chi connectivity index (χ2v) is 11.6. The van der Waals surface area contributed by atoms with Crippen LogP contribution >= 0.6 is 0 Å². The van der Waals surface area contributed by atoms with E-state index in [4.69, 9.17) is 9.47 Å². The molecule has 0 amide bonds. The van der Waals surface area contributed by atoms with E-state index in [1.165, 1.54) is 0 Å². The number of benzene rings is 8. The summed E-state index contributed by atoms with van der Waals surface area (Å²) in [5.74, 6) is 1.43. The lowest BCUT2D eigenvalue weighted by atomic mass is 9.99. The normalized spacial score (nSPS) is 11.7. The molecule has 9 aromatic rings. The minimum atomic E-state index is -0.401. The van der Waals surface area contributed by atoms with Crippen LogP contribution in [0.2, 0.25) is 0 Å². The average molecular weight is 627 g/mol. The molecule has 0 aliphatic heterocycles. The van der Waals surface area contributed by atoms with Gasteiger partial charge >= 0.3 is 0 Å². The maximum atomic E-state index is 14.4. The first-order valence-electron chi connectivity index (χ1n) is 15.3. The van der Waals surface area contributed by atoms with Crippen molar-refractivity contribution in [3.05, 3.63) is 162 Å². The Kier molecular flexibility index (Phi) is 5.94. The van der Waals surface area contributed by atoms with Crippen molar-refractivity contribution >= 4 is 65.2 Å². The third kappa shape index (κ3) is 4.03. The third-order valence-electron chi connectivity index (χ3n) is 8.82. The predicted molar refractivity (Wildman–Crippen MR) is 185 cm³/mol. The van der Waals surface area contributed by atoms with E-state index in [0.29, 0.717) is 49.7 Å². The number of rotatable bonds is 4. The first kappa shape index (κ1) is 27.5. The topological polar surface area (TPSA) is 115 Å². The Morgan fingerprint density at radius 1 is 0.375 bits per heavy atom. The molecule has 0 spiro atoms. The zero-order chi connectivity index (χ0) is 32.5. The van der Waals surface area contributed by atoms with Crippen LogP contribution in [0.4, 0.5) is 0 Å². The second-order valence-electron chi connectivity index (χ2n) is 11.6. The molecule has 1 aromatic heterocycles. The van der Waals surface area contributed by atoms with Gasteiger partial charge in [-0.1, -0.05) is 60.7 Å². The predicted octanol–water partition coefficient (Wildman–Crippen LogP) is 6.14. The van der Waals surface area contributed by atoms with Gasteiger partial charge in [0.2, 0.25) is 10.9 Å². The molecule has 0 fully saturated rings.